The number of nitrogens with one attached hydrogen (secondary N) is 1. The molecule has 2 aromatic rings. The summed E-state index contributed by atoms with van der Waals surface area (Å²) < 4.78 is 31.3. The van der Waals surface area contributed by atoms with Crippen LogP contribution < -0.4 is 10.1 Å². The minimum atomic E-state index is -2.95. The van der Waals surface area contributed by atoms with Crippen molar-refractivity contribution in [3.63, 3.8) is 0 Å². The summed E-state index contributed by atoms with van der Waals surface area (Å²) >= 11 is 0. The van der Waals surface area contributed by atoms with Crippen LogP contribution in [0.4, 0.5) is 8.78 Å². The first-order chi connectivity index (χ1) is 16.3. The number of rotatable bonds is 7. The summed E-state index contributed by atoms with van der Waals surface area (Å²) in [4.78, 5) is 15.3. The van der Waals surface area contributed by atoms with Gasteiger partial charge in [-0.3, -0.25) is 4.79 Å². The van der Waals surface area contributed by atoms with Crippen LogP contribution >= 0.6 is 0 Å². The lowest BCUT2D eigenvalue weighted by atomic mass is 9.75. The summed E-state index contributed by atoms with van der Waals surface area (Å²) in [7, 11) is 4.09. The van der Waals surface area contributed by atoms with Gasteiger partial charge in [0, 0.05) is 17.2 Å². The normalized spacial score (nSPS) is 25.8. The summed E-state index contributed by atoms with van der Waals surface area (Å²) in [6.45, 7) is 4.72. The number of alkyl halides is 2. The van der Waals surface area contributed by atoms with E-state index in [4.69, 9.17) is 4.74 Å². The SMILES string of the molecule is C[C@H](NC(=O)c1ccc2c(c1)C(C)(O)CC2(C)C)c1ccc(C2CC(N(C)C)C2)cc1OC(F)F. The van der Waals surface area contributed by atoms with Crippen LogP contribution in [0.2, 0.25) is 0 Å². The first-order valence-corrected chi connectivity index (χ1v) is 12.2. The molecular weight excluding hydrogens is 450 g/mol. The van der Waals surface area contributed by atoms with E-state index in [0.717, 1.165) is 29.5 Å². The molecule has 2 aromatic carbocycles. The molecule has 0 spiro atoms. The highest BCUT2D eigenvalue weighted by Gasteiger charge is 2.43. The van der Waals surface area contributed by atoms with E-state index in [0.29, 0.717) is 29.5 Å². The van der Waals surface area contributed by atoms with Gasteiger partial charge < -0.3 is 20.1 Å². The Kier molecular flexibility index (Phi) is 6.70. The Hall–Kier alpha value is -2.51. The van der Waals surface area contributed by atoms with Crippen molar-refractivity contribution >= 4 is 5.91 Å². The van der Waals surface area contributed by atoms with E-state index in [1.165, 1.54) is 0 Å². The van der Waals surface area contributed by atoms with Crippen LogP contribution in [-0.4, -0.2) is 42.7 Å². The Balaban J connectivity index is 1.53. The Bertz CT molecular complexity index is 1110. The monoisotopic (exact) mass is 486 g/mol. The zero-order valence-electron chi connectivity index (χ0n) is 21.4. The van der Waals surface area contributed by atoms with E-state index < -0.39 is 18.3 Å². The predicted molar refractivity (Wildman–Crippen MR) is 132 cm³/mol. The van der Waals surface area contributed by atoms with Gasteiger partial charge in [-0.15, -0.1) is 0 Å². The zero-order chi connectivity index (χ0) is 25.7. The van der Waals surface area contributed by atoms with Gasteiger partial charge in [0.2, 0.25) is 0 Å². The van der Waals surface area contributed by atoms with Crippen LogP contribution in [-0.2, 0) is 11.0 Å². The molecule has 0 radical (unpaired) electrons. The fraction of sp³-hybridized carbons (Fsp3) is 0.536. The number of aliphatic hydroxyl groups is 1. The van der Waals surface area contributed by atoms with E-state index in [9.17, 15) is 18.7 Å². The molecule has 1 saturated carbocycles. The second-order valence-electron chi connectivity index (χ2n) is 11.3. The van der Waals surface area contributed by atoms with Gasteiger partial charge in [0.15, 0.2) is 0 Å². The third-order valence-electron chi connectivity index (χ3n) is 7.76. The van der Waals surface area contributed by atoms with Crippen molar-refractivity contribution in [1.82, 2.24) is 10.2 Å². The molecule has 4 rings (SSSR count). The van der Waals surface area contributed by atoms with E-state index in [-0.39, 0.29) is 17.1 Å². The average Bonchev–Trinajstić information content (AvgIpc) is 2.89. The predicted octanol–water partition coefficient (Wildman–Crippen LogP) is 5.48. The highest BCUT2D eigenvalue weighted by Crippen LogP contribution is 2.48. The van der Waals surface area contributed by atoms with Gasteiger partial charge in [-0.1, -0.05) is 32.0 Å². The van der Waals surface area contributed by atoms with Gasteiger partial charge in [-0.05, 0) is 93.4 Å². The molecule has 0 saturated heterocycles. The van der Waals surface area contributed by atoms with E-state index in [1.54, 1.807) is 38.1 Å². The first-order valence-electron chi connectivity index (χ1n) is 12.2. The maximum atomic E-state index is 13.2. The third kappa shape index (κ3) is 5.07. The smallest absolute Gasteiger partial charge is 0.387 e. The second-order valence-corrected chi connectivity index (χ2v) is 11.3. The molecule has 35 heavy (non-hydrogen) atoms. The van der Waals surface area contributed by atoms with Gasteiger partial charge in [0.1, 0.15) is 5.75 Å². The lowest BCUT2D eigenvalue weighted by Gasteiger charge is -2.40. The fourth-order valence-corrected chi connectivity index (χ4v) is 5.77. The Morgan fingerprint density at radius 3 is 2.43 bits per heavy atom. The van der Waals surface area contributed by atoms with Gasteiger partial charge in [0.05, 0.1) is 11.6 Å². The molecule has 1 amide bonds. The number of carbonyl (C=O) groups excluding carboxylic acids is 1. The quantitative estimate of drug-likeness (QED) is 0.544. The molecule has 0 aromatic heterocycles. The maximum Gasteiger partial charge on any atom is 0.387 e. The van der Waals surface area contributed by atoms with Crippen molar-refractivity contribution in [2.75, 3.05) is 14.1 Å². The van der Waals surface area contributed by atoms with E-state index in [2.05, 4.69) is 24.1 Å². The van der Waals surface area contributed by atoms with Gasteiger partial charge in [-0.25, -0.2) is 0 Å². The summed E-state index contributed by atoms with van der Waals surface area (Å²) in [6.07, 6.45) is 2.53. The van der Waals surface area contributed by atoms with Crippen molar-refractivity contribution in [2.24, 2.45) is 0 Å². The fourth-order valence-electron chi connectivity index (χ4n) is 5.77. The molecule has 5 nitrogen and oxygen atoms in total. The van der Waals surface area contributed by atoms with Crippen molar-refractivity contribution < 1.29 is 23.4 Å². The molecule has 2 aliphatic rings. The zero-order valence-corrected chi connectivity index (χ0v) is 21.4. The Labute approximate surface area is 206 Å². The van der Waals surface area contributed by atoms with Gasteiger partial charge in [0.25, 0.3) is 5.91 Å². The van der Waals surface area contributed by atoms with Crippen molar-refractivity contribution in [3.8, 4) is 5.75 Å². The minimum absolute atomic E-state index is 0.0947. The molecule has 1 unspecified atom stereocenters. The van der Waals surface area contributed by atoms with Crippen LogP contribution in [0.3, 0.4) is 0 Å². The number of hydrogen-bond acceptors (Lipinski definition) is 4. The lowest BCUT2D eigenvalue weighted by Crippen LogP contribution is -2.39. The molecular formula is C28H36F2N2O3. The molecule has 7 heteroatoms. The second kappa shape index (κ2) is 9.17. The molecule has 2 N–H and O–H groups in total. The molecule has 190 valence electrons. The average molecular weight is 487 g/mol. The van der Waals surface area contributed by atoms with Crippen LogP contribution in [0.5, 0.6) is 5.75 Å². The number of benzene rings is 2. The number of ether oxygens (including phenoxy) is 1. The highest BCUT2D eigenvalue weighted by atomic mass is 19.3. The molecule has 0 bridgehead atoms. The highest BCUT2D eigenvalue weighted by molar-refractivity contribution is 5.95. The van der Waals surface area contributed by atoms with Crippen molar-refractivity contribution in [1.29, 1.82) is 0 Å². The van der Waals surface area contributed by atoms with Crippen LogP contribution in [0.15, 0.2) is 36.4 Å². The molecule has 0 aliphatic heterocycles. The van der Waals surface area contributed by atoms with Crippen LogP contribution in [0.25, 0.3) is 0 Å². The summed E-state index contributed by atoms with van der Waals surface area (Å²) in [5, 5.41) is 13.8. The van der Waals surface area contributed by atoms with Crippen LogP contribution in [0, 0.1) is 0 Å². The number of fused-ring (bicyclic) bond motifs is 1. The minimum Gasteiger partial charge on any atom is -0.434 e. The largest absolute Gasteiger partial charge is 0.434 e. The van der Waals surface area contributed by atoms with Gasteiger partial charge in [-0.2, -0.15) is 8.78 Å². The number of halogens is 2. The number of amides is 1. The van der Waals surface area contributed by atoms with Crippen molar-refractivity contribution in [3.05, 3.63) is 64.2 Å². The first kappa shape index (κ1) is 25.6. The van der Waals surface area contributed by atoms with E-state index in [1.807, 2.05) is 26.2 Å². The van der Waals surface area contributed by atoms with Gasteiger partial charge >= 0.3 is 6.61 Å². The number of nitrogens with zero attached hydrogens (tertiary/aromatic N) is 1. The van der Waals surface area contributed by atoms with E-state index >= 15 is 0 Å². The number of carbonyl (C=O) groups is 1. The van der Waals surface area contributed by atoms with Crippen LogP contribution in [0.1, 0.15) is 91.5 Å². The molecule has 1 fully saturated rings. The Morgan fingerprint density at radius 1 is 1.11 bits per heavy atom. The molecule has 2 aliphatic carbocycles. The van der Waals surface area contributed by atoms with Crippen molar-refractivity contribution in [2.45, 2.75) is 82.6 Å². The topological polar surface area (TPSA) is 61.8 Å². The Morgan fingerprint density at radius 2 is 1.80 bits per heavy atom. The summed E-state index contributed by atoms with van der Waals surface area (Å²) in [5.41, 5.74) is 2.49. The summed E-state index contributed by atoms with van der Waals surface area (Å²) in [6, 6.07) is 10.7. The molecule has 0 heterocycles. The number of hydrogen-bond donors (Lipinski definition) is 2. The third-order valence-corrected chi connectivity index (χ3v) is 7.76. The summed E-state index contributed by atoms with van der Waals surface area (Å²) in [5.74, 6) is 0.0720. The maximum absolute atomic E-state index is 13.2. The molecule has 2 atom stereocenters. The lowest BCUT2D eigenvalue weighted by molar-refractivity contribution is -0.0507. The standard InChI is InChI=1S/C28H36F2N2O3/c1-16(31-25(33)18-8-10-22-23(13-18)28(4,34)15-27(22,2)3)21-9-7-17(14-24(21)35-26(29)30)19-11-20(12-19)32(5)6/h7-10,13-14,16,19-20,26,34H,11-12,15H2,1-6H3,(H,31,33)/t16-,19?,20?,28?/m0/s1.